The van der Waals surface area contributed by atoms with Gasteiger partial charge in [-0.25, -0.2) is 4.79 Å². The second-order valence-corrected chi connectivity index (χ2v) is 7.19. The van der Waals surface area contributed by atoms with Crippen LogP contribution in [-0.4, -0.2) is 25.9 Å². The predicted octanol–water partition coefficient (Wildman–Crippen LogP) is 3.40. The molecule has 29 heavy (non-hydrogen) atoms. The number of rotatable bonds is 7. The molecule has 9 nitrogen and oxygen atoms in total. The summed E-state index contributed by atoms with van der Waals surface area (Å²) in [7, 11) is 0. The lowest BCUT2D eigenvalue weighted by Gasteiger charge is -2.01. The molecule has 1 aromatic carbocycles. The molecule has 148 valence electrons. The van der Waals surface area contributed by atoms with Crippen LogP contribution in [0, 0.1) is 0 Å². The molecule has 0 spiro atoms. The largest absolute Gasteiger partial charge is 0.455 e. The molecule has 4 rings (SSSR count). The normalized spacial score (nSPS) is 10.9. The molecule has 3 heterocycles. The summed E-state index contributed by atoms with van der Waals surface area (Å²) in [6, 6.07) is 10.6. The third kappa shape index (κ3) is 4.61. The van der Waals surface area contributed by atoms with Gasteiger partial charge in [0.15, 0.2) is 6.61 Å². The molecule has 3 aromatic heterocycles. The third-order valence-electron chi connectivity index (χ3n) is 3.77. The Bertz CT molecular complexity index is 1180. The van der Waals surface area contributed by atoms with Crippen molar-refractivity contribution in [3.8, 4) is 22.2 Å². The van der Waals surface area contributed by atoms with Crippen molar-refractivity contribution in [3.63, 3.8) is 0 Å². The van der Waals surface area contributed by atoms with Crippen LogP contribution in [0.5, 0.6) is 0 Å². The van der Waals surface area contributed by atoms with E-state index >= 15 is 0 Å². The average Bonchev–Trinajstić information content (AvgIpc) is 3.46. The lowest BCUT2D eigenvalue weighted by atomic mass is 10.2. The van der Waals surface area contributed by atoms with Crippen LogP contribution in [0.25, 0.3) is 22.2 Å². The van der Waals surface area contributed by atoms with Gasteiger partial charge in [0.1, 0.15) is 0 Å². The molecule has 0 bridgehead atoms. The zero-order valence-electron chi connectivity index (χ0n) is 14.8. The van der Waals surface area contributed by atoms with Gasteiger partial charge in [-0.1, -0.05) is 35.0 Å². The first-order valence-electron chi connectivity index (χ1n) is 8.44. The van der Waals surface area contributed by atoms with E-state index in [2.05, 4.69) is 15.2 Å². The quantitative estimate of drug-likeness (QED) is 0.408. The molecule has 0 aliphatic heterocycles. The topological polar surface area (TPSA) is 113 Å². The smallest absolute Gasteiger partial charge is 0.437 e. The van der Waals surface area contributed by atoms with E-state index in [0.29, 0.717) is 16.4 Å². The summed E-state index contributed by atoms with van der Waals surface area (Å²) >= 11 is 7.34. The van der Waals surface area contributed by atoms with E-state index in [0.717, 1.165) is 9.56 Å². The van der Waals surface area contributed by atoms with Crippen molar-refractivity contribution in [2.24, 2.45) is 0 Å². The molecule has 0 fully saturated rings. The standard InChI is InChI=1S/C18H13ClN4O5S/c19-12-4-1-3-11(9-12)16-20-14(28-22-16)10-26-15(24)6-7-23-18(25)27-17(21-23)13-5-2-8-29-13/h1-5,8-9H,6-7,10H2. The number of aromatic nitrogens is 4. The highest BCUT2D eigenvalue weighted by Gasteiger charge is 2.14. The fraction of sp³-hybridized carbons (Fsp3) is 0.167. The van der Waals surface area contributed by atoms with E-state index in [1.807, 2.05) is 11.4 Å². The van der Waals surface area contributed by atoms with Gasteiger partial charge in [-0.2, -0.15) is 9.67 Å². The summed E-state index contributed by atoms with van der Waals surface area (Å²) in [5, 5.41) is 10.3. The SMILES string of the molecule is O=C(CCn1nc(-c2cccs2)oc1=O)OCc1nc(-c2cccc(Cl)c2)no1. The first kappa shape index (κ1) is 19.1. The monoisotopic (exact) mass is 432 g/mol. The fourth-order valence-electron chi connectivity index (χ4n) is 2.42. The number of carbonyl (C=O) groups is 1. The Hall–Kier alpha value is -3.24. The molecular weight excluding hydrogens is 420 g/mol. The van der Waals surface area contributed by atoms with Crippen molar-refractivity contribution in [3.05, 3.63) is 63.2 Å². The number of ether oxygens (including phenoxy) is 1. The average molecular weight is 433 g/mol. The number of hydrogen-bond acceptors (Lipinski definition) is 9. The molecule has 0 atom stereocenters. The summed E-state index contributed by atoms with van der Waals surface area (Å²) in [5.74, 6) is -0.470. The van der Waals surface area contributed by atoms with E-state index in [4.69, 9.17) is 25.3 Å². The van der Waals surface area contributed by atoms with Crippen LogP contribution in [-0.2, 0) is 22.7 Å². The molecule has 0 saturated carbocycles. The summed E-state index contributed by atoms with van der Waals surface area (Å²) in [6.07, 6.45) is -0.0639. The zero-order valence-corrected chi connectivity index (χ0v) is 16.4. The molecule has 0 saturated heterocycles. The minimum absolute atomic E-state index is 0.0319. The summed E-state index contributed by atoms with van der Waals surface area (Å²) < 4.78 is 16.4. The van der Waals surface area contributed by atoms with Crippen LogP contribution < -0.4 is 5.76 Å². The highest BCUT2D eigenvalue weighted by Crippen LogP contribution is 2.21. The highest BCUT2D eigenvalue weighted by molar-refractivity contribution is 7.13. The van der Waals surface area contributed by atoms with Crippen molar-refractivity contribution in [1.82, 2.24) is 19.9 Å². The Morgan fingerprint density at radius 2 is 2.17 bits per heavy atom. The minimum atomic E-state index is -0.635. The maximum atomic E-state index is 12.0. The van der Waals surface area contributed by atoms with E-state index in [9.17, 15) is 9.59 Å². The van der Waals surface area contributed by atoms with E-state index in [-0.39, 0.29) is 31.4 Å². The van der Waals surface area contributed by atoms with Gasteiger partial charge in [0.2, 0.25) is 5.82 Å². The number of aryl methyl sites for hydroxylation is 1. The highest BCUT2D eigenvalue weighted by atomic mass is 35.5. The fourth-order valence-corrected chi connectivity index (χ4v) is 3.25. The Morgan fingerprint density at radius 3 is 2.97 bits per heavy atom. The Kier molecular flexibility index (Phi) is 5.54. The van der Waals surface area contributed by atoms with E-state index in [1.54, 1.807) is 30.3 Å². The Balaban J connectivity index is 1.30. The van der Waals surface area contributed by atoms with Crippen molar-refractivity contribution in [1.29, 1.82) is 0 Å². The summed E-state index contributed by atoms with van der Waals surface area (Å²) in [6.45, 7) is -0.148. The molecule has 0 unspecified atom stereocenters. The third-order valence-corrected chi connectivity index (χ3v) is 4.87. The number of benzene rings is 1. The Labute approximate surface area is 172 Å². The summed E-state index contributed by atoms with van der Waals surface area (Å²) in [5.41, 5.74) is 0.686. The molecular formula is C18H13ClN4O5S. The number of thiophene rings is 1. The van der Waals surface area contributed by atoms with Crippen LogP contribution in [0.4, 0.5) is 0 Å². The number of carbonyl (C=O) groups excluding carboxylic acids is 1. The van der Waals surface area contributed by atoms with Gasteiger partial charge in [-0.3, -0.25) is 4.79 Å². The van der Waals surface area contributed by atoms with Crippen molar-refractivity contribution in [2.45, 2.75) is 19.6 Å². The molecule has 0 aliphatic rings. The maximum Gasteiger partial charge on any atom is 0.437 e. The lowest BCUT2D eigenvalue weighted by Crippen LogP contribution is -2.18. The van der Waals surface area contributed by atoms with E-state index < -0.39 is 11.7 Å². The minimum Gasteiger partial charge on any atom is -0.455 e. The van der Waals surface area contributed by atoms with Gasteiger partial charge in [0.05, 0.1) is 17.8 Å². The second-order valence-electron chi connectivity index (χ2n) is 5.81. The molecule has 0 amide bonds. The molecule has 11 heteroatoms. The Morgan fingerprint density at radius 1 is 1.28 bits per heavy atom. The second kappa shape index (κ2) is 8.41. The van der Waals surface area contributed by atoms with Gasteiger partial charge in [-0.15, -0.1) is 16.4 Å². The molecule has 0 N–H and O–H groups in total. The number of hydrogen-bond donors (Lipinski definition) is 0. The van der Waals surface area contributed by atoms with Crippen molar-refractivity contribution < 1.29 is 18.5 Å². The van der Waals surface area contributed by atoms with Gasteiger partial charge >= 0.3 is 11.7 Å². The van der Waals surface area contributed by atoms with Crippen LogP contribution >= 0.6 is 22.9 Å². The number of esters is 1. The van der Waals surface area contributed by atoms with Crippen LogP contribution in [0.2, 0.25) is 5.02 Å². The van der Waals surface area contributed by atoms with Crippen LogP contribution in [0.3, 0.4) is 0 Å². The van der Waals surface area contributed by atoms with Gasteiger partial charge in [-0.05, 0) is 23.6 Å². The van der Waals surface area contributed by atoms with Crippen LogP contribution in [0.1, 0.15) is 12.3 Å². The molecule has 0 radical (unpaired) electrons. The van der Waals surface area contributed by atoms with Gasteiger partial charge in [0, 0.05) is 10.6 Å². The van der Waals surface area contributed by atoms with Gasteiger partial charge < -0.3 is 13.7 Å². The van der Waals surface area contributed by atoms with Crippen molar-refractivity contribution >= 4 is 28.9 Å². The van der Waals surface area contributed by atoms with Gasteiger partial charge in [0.25, 0.3) is 11.8 Å². The first-order valence-corrected chi connectivity index (χ1v) is 9.70. The molecule has 4 aromatic rings. The van der Waals surface area contributed by atoms with E-state index in [1.165, 1.54) is 11.3 Å². The van der Waals surface area contributed by atoms with Crippen molar-refractivity contribution in [2.75, 3.05) is 0 Å². The summed E-state index contributed by atoms with van der Waals surface area (Å²) in [4.78, 5) is 28.7. The number of nitrogens with zero attached hydrogens (tertiary/aromatic N) is 4. The first-order chi connectivity index (χ1) is 14.1. The maximum absolute atomic E-state index is 12.0. The van der Waals surface area contributed by atoms with Crippen LogP contribution in [0.15, 0.2) is 55.5 Å². The lowest BCUT2D eigenvalue weighted by molar-refractivity contribution is -0.146. The molecule has 0 aliphatic carbocycles. The predicted molar refractivity (Wildman–Crippen MR) is 103 cm³/mol. The number of halogens is 1. The zero-order chi connectivity index (χ0) is 20.2.